The fraction of sp³-hybridized carbons (Fsp3) is 0.500. The third kappa shape index (κ3) is 6040. The van der Waals surface area contributed by atoms with Gasteiger partial charge in [-0.05, 0) is 19.9 Å². The van der Waals surface area contributed by atoms with Gasteiger partial charge in [0.1, 0.15) is 12.2 Å². The molecule has 2 heteroatoms. The third-order valence-corrected chi connectivity index (χ3v) is 0.118. The lowest BCUT2D eigenvalue weighted by Gasteiger charge is -1.31. The Hall–Kier alpha value is -0.880. The van der Waals surface area contributed by atoms with E-state index in [1.54, 1.807) is 12.9 Å². The van der Waals surface area contributed by atoms with Crippen LogP contribution >= 0.6 is 0 Å². The average Bonchev–Trinajstić information content (AvgIpc) is 1.69. The summed E-state index contributed by atoms with van der Waals surface area (Å²) in [6.07, 6.45) is 2.07. The lowest BCUT2D eigenvalue weighted by atomic mass is 10.8. The van der Waals surface area contributed by atoms with E-state index in [1.165, 1.54) is 13.0 Å². The molecule has 0 atom stereocenters. The van der Waals surface area contributed by atoms with Gasteiger partial charge in [-0.1, -0.05) is 7.43 Å². The fourth-order valence-corrected chi connectivity index (χ4v) is 0. The fourth-order valence-electron chi connectivity index (χ4n) is 0. The van der Waals surface area contributed by atoms with Crippen molar-refractivity contribution >= 4 is 12.2 Å². The van der Waals surface area contributed by atoms with Gasteiger partial charge in [-0.3, -0.25) is 0 Å². The molecule has 0 rings (SSSR count). The molecule has 0 aromatic rings. The molecule has 48 valence electrons. The summed E-state index contributed by atoms with van der Waals surface area (Å²) >= 11 is 0. The highest BCUT2D eigenvalue weighted by Crippen LogP contribution is 1.36. The second-order valence-corrected chi connectivity index (χ2v) is 0.642. The van der Waals surface area contributed by atoms with E-state index in [9.17, 15) is 0 Å². The maximum atomic E-state index is 8.99. The molecule has 0 fully saturated rings. The Morgan fingerprint density at radius 2 is 1.50 bits per heavy atom. The van der Waals surface area contributed by atoms with Crippen LogP contribution in [0.25, 0.3) is 0 Å². The molecule has 8 heavy (non-hydrogen) atoms. The zero-order valence-corrected chi connectivity index (χ0v) is 4.47. The molecule has 0 N–H and O–H groups in total. The summed E-state index contributed by atoms with van der Waals surface area (Å²) in [4.78, 5) is 17.8. The number of carbonyl (C=O) groups is 1. The first kappa shape index (κ1) is 15.7. The van der Waals surface area contributed by atoms with E-state index in [1.807, 2.05) is 0 Å². The van der Waals surface area contributed by atoms with Crippen LogP contribution in [-0.2, 0) is 9.59 Å². The SMILES string of the molecule is C.CC=C=O.CC=O. The van der Waals surface area contributed by atoms with Crippen LogP contribution in [0.2, 0.25) is 0 Å². The molecule has 2 nitrogen and oxygen atoms in total. The van der Waals surface area contributed by atoms with Crippen molar-refractivity contribution in [1.82, 2.24) is 0 Å². The highest BCUT2D eigenvalue weighted by atomic mass is 16.1. The average molecular weight is 116 g/mol. The molecule has 0 aromatic heterocycles. The molecule has 0 aliphatic rings. The summed E-state index contributed by atoms with van der Waals surface area (Å²) in [6.45, 7) is 3.08. The molecule has 0 unspecified atom stereocenters. The highest BCUT2D eigenvalue weighted by molar-refractivity contribution is 5.44. The third-order valence-electron chi connectivity index (χ3n) is 0.118. The van der Waals surface area contributed by atoms with Crippen molar-refractivity contribution in [3.05, 3.63) is 6.08 Å². The quantitative estimate of drug-likeness (QED) is 0.352. The molecule has 0 amide bonds. The normalized spacial score (nSPS) is 3.75. The van der Waals surface area contributed by atoms with E-state index >= 15 is 0 Å². The molecule has 0 heterocycles. The topological polar surface area (TPSA) is 34.1 Å². The van der Waals surface area contributed by atoms with Crippen molar-refractivity contribution in [1.29, 1.82) is 0 Å². The van der Waals surface area contributed by atoms with Crippen LogP contribution in [0.1, 0.15) is 21.3 Å². The Kier molecular flexibility index (Phi) is 70.1. The van der Waals surface area contributed by atoms with Crippen LogP contribution < -0.4 is 0 Å². The standard InChI is InChI=1S/C3H4O.C2H4O.CH4/c1-2-3-4;1-2-3;/h2H,1H3;2H,1H3;1H4. The minimum atomic E-state index is 0. The van der Waals surface area contributed by atoms with E-state index in [0.29, 0.717) is 0 Å². The Balaban J connectivity index is -0.0000000575. The summed E-state index contributed by atoms with van der Waals surface area (Å²) < 4.78 is 0. The Labute approximate surface area is 50.2 Å². The van der Waals surface area contributed by atoms with E-state index in [2.05, 4.69) is 0 Å². The van der Waals surface area contributed by atoms with E-state index < -0.39 is 0 Å². The summed E-state index contributed by atoms with van der Waals surface area (Å²) in [5, 5.41) is 0. The maximum Gasteiger partial charge on any atom is 0.119 e. The van der Waals surface area contributed by atoms with Crippen LogP contribution in [0.5, 0.6) is 0 Å². The number of hydrogen-bond donors (Lipinski definition) is 0. The van der Waals surface area contributed by atoms with Gasteiger partial charge < -0.3 is 4.79 Å². The monoisotopic (exact) mass is 116 g/mol. The molecular weight excluding hydrogens is 104 g/mol. The molecule has 0 aliphatic carbocycles. The summed E-state index contributed by atoms with van der Waals surface area (Å²) in [5.74, 6) is 1.56. The Morgan fingerprint density at radius 3 is 1.50 bits per heavy atom. The predicted octanol–water partition coefficient (Wildman–Crippen LogP) is 1.24. The van der Waals surface area contributed by atoms with Crippen molar-refractivity contribution < 1.29 is 9.59 Å². The molecule has 0 aromatic carbocycles. The number of hydrogen-bond acceptors (Lipinski definition) is 2. The van der Waals surface area contributed by atoms with Gasteiger partial charge in [0.2, 0.25) is 0 Å². The van der Waals surface area contributed by atoms with Crippen molar-refractivity contribution in [2.24, 2.45) is 0 Å². The summed E-state index contributed by atoms with van der Waals surface area (Å²) in [6, 6.07) is 0. The van der Waals surface area contributed by atoms with Crippen LogP contribution in [0.15, 0.2) is 6.08 Å². The zero-order valence-electron chi connectivity index (χ0n) is 4.47. The van der Waals surface area contributed by atoms with E-state index in [-0.39, 0.29) is 7.43 Å². The lowest BCUT2D eigenvalue weighted by Crippen LogP contribution is -1.36. The smallest absolute Gasteiger partial charge is 0.119 e. The molecule has 0 saturated heterocycles. The lowest BCUT2D eigenvalue weighted by molar-refractivity contribution is -0.106. The largest absolute Gasteiger partial charge is 0.304 e. The number of allylic oxidation sites excluding steroid dienone is 1. The first-order valence-electron chi connectivity index (χ1n) is 1.88. The zero-order chi connectivity index (χ0) is 6.12. The van der Waals surface area contributed by atoms with Gasteiger partial charge in [0.25, 0.3) is 0 Å². The van der Waals surface area contributed by atoms with Crippen molar-refractivity contribution in [2.45, 2.75) is 21.3 Å². The molecule has 0 aliphatic heterocycles. The Morgan fingerprint density at radius 1 is 1.38 bits per heavy atom. The van der Waals surface area contributed by atoms with Gasteiger partial charge >= 0.3 is 0 Å². The first-order chi connectivity index (χ1) is 3.33. The van der Waals surface area contributed by atoms with Gasteiger partial charge in [-0.2, -0.15) is 0 Å². The van der Waals surface area contributed by atoms with Crippen LogP contribution in [0.4, 0.5) is 0 Å². The minimum absolute atomic E-state index is 0. The summed E-state index contributed by atoms with van der Waals surface area (Å²) in [5.41, 5.74) is 0. The molecule has 0 bridgehead atoms. The van der Waals surface area contributed by atoms with Crippen LogP contribution in [0, 0.1) is 0 Å². The number of carbonyl (C=O) groups excluding carboxylic acids is 2. The highest BCUT2D eigenvalue weighted by Gasteiger charge is 1.31. The second kappa shape index (κ2) is 35.7. The van der Waals surface area contributed by atoms with Gasteiger partial charge in [0, 0.05) is 0 Å². The van der Waals surface area contributed by atoms with Crippen molar-refractivity contribution in [2.75, 3.05) is 0 Å². The predicted molar refractivity (Wildman–Crippen MR) is 34.4 cm³/mol. The minimum Gasteiger partial charge on any atom is -0.304 e. The van der Waals surface area contributed by atoms with Crippen LogP contribution in [0.3, 0.4) is 0 Å². The van der Waals surface area contributed by atoms with Crippen molar-refractivity contribution in [3.8, 4) is 0 Å². The van der Waals surface area contributed by atoms with Gasteiger partial charge in [0.05, 0.1) is 0 Å². The van der Waals surface area contributed by atoms with Gasteiger partial charge in [0.15, 0.2) is 0 Å². The van der Waals surface area contributed by atoms with Crippen LogP contribution in [-0.4, -0.2) is 12.2 Å². The van der Waals surface area contributed by atoms with Gasteiger partial charge in [-0.15, -0.1) is 0 Å². The van der Waals surface area contributed by atoms with Crippen molar-refractivity contribution in [3.63, 3.8) is 0 Å². The second-order valence-electron chi connectivity index (χ2n) is 0.642. The van der Waals surface area contributed by atoms with Gasteiger partial charge in [-0.25, -0.2) is 4.79 Å². The molecular formula is C6H12O2. The summed E-state index contributed by atoms with van der Waals surface area (Å²) in [7, 11) is 0. The van der Waals surface area contributed by atoms with E-state index in [4.69, 9.17) is 9.59 Å². The number of aldehydes is 1. The molecule has 0 radical (unpaired) electrons. The van der Waals surface area contributed by atoms with E-state index in [0.717, 1.165) is 6.29 Å². The maximum absolute atomic E-state index is 8.99. The number of rotatable bonds is 0. The first-order valence-corrected chi connectivity index (χ1v) is 1.88. The molecule has 0 saturated carbocycles. The Bertz CT molecular complexity index is 70.6. The molecule has 0 spiro atoms.